The van der Waals surface area contributed by atoms with Crippen molar-refractivity contribution in [2.24, 2.45) is 0 Å². The first-order valence-corrected chi connectivity index (χ1v) is 3.54. The molecular formula is C7H14N2O3. The summed E-state index contributed by atoms with van der Waals surface area (Å²) >= 11 is 0. The van der Waals surface area contributed by atoms with Crippen molar-refractivity contribution in [1.82, 2.24) is 10.2 Å². The van der Waals surface area contributed by atoms with Crippen LogP contribution in [0.2, 0.25) is 0 Å². The van der Waals surface area contributed by atoms with Gasteiger partial charge in [-0.05, 0) is 14.1 Å². The Morgan fingerprint density at radius 2 is 2.00 bits per heavy atom. The molecule has 0 fully saturated rings. The first kappa shape index (κ1) is 10.9. The summed E-state index contributed by atoms with van der Waals surface area (Å²) in [4.78, 5) is 23.2. The van der Waals surface area contributed by atoms with E-state index in [4.69, 9.17) is 0 Å². The Morgan fingerprint density at radius 3 is 2.42 bits per heavy atom. The standard InChI is InChI=1S/C7H14N2O3/c1-9(2)5-6(10)8-4-7(11)12-3/h4-5H2,1-3H3,(H,8,10). The SMILES string of the molecule is COC(=O)CNC(=O)CN(C)C. The molecule has 0 saturated carbocycles. The summed E-state index contributed by atoms with van der Waals surface area (Å²) in [6.07, 6.45) is 0. The van der Waals surface area contributed by atoms with E-state index in [0.29, 0.717) is 0 Å². The summed E-state index contributed by atoms with van der Waals surface area (Å²) in [5.41, 5.74) is 0. The Kier molecular flexibility index (Phi) is 5.03. The molecule has 0 rings (SSSR count). The second-order valence-corrected chi connectivity index (χ2v) is 2.59. The Bertz CT molecular complexity index is 168. The lowest BCUT2D eigenvalue weighted by Crippen LogP contribution is -2.36. The zero-order valence-electron chi connectivity index (χ0n) is 7.59. The minimum atomic E-state index is -0.442. The molecule has 12 heavy (non-hydrogen) atoms. The summed E-state index contributed by atoms with van der Waals surface area (Å²) in [6.45, 7) is 0.208. The van der Waals surface area contributed by atoms with E-state index in [2.05, 4.69) is 10.1 Å². The summed E-state index contributed by atoms with van der Waals surface area (Å²) in [6, 6.07) is 0. The fourth-order valence-electron chi connectivity index (χ4n) is 0.586. The summed E-state index contributed by atoms with van der Waals surface area (Å²) in [5, 5.41) is 2.41. The molecule has 70 valence electrons. The maximum Gasteiger partial charge on any atom is 0.325 e. The van der Waals surface area contributed by atoms with Crippen molar-refractivity contribution in [3.8, 4) is 0 Å². The van der Waals surface area contributed by atoms with Crippen molar-refractivity contribution in [2.45, 2.75) is 0 Å². The molecule has 5 heteroatoms. The van der Waals surface area contributed by atoms with Crippen LogP contribution in [-0.4, -0.2) is 51.1 Å². The predicted octanol–water partition coefficient (Wildman–Crippen LogP) is -1.16. The van der Waals surface area contributed by atoms with Crippen LogP contribution in [0.5, 0.6) is 0 Å². The van der Waals surface area contributed by atoms with Gasteiger partial charge in [0.25, 0.3) is 0 Å². The highest BCUT2D eigenvalue weighted by molar-refractivity contribution is 5.83. The zero-order chi connectivity index (χ0) is 9.56. The third-order valence-corrected chi connectivity index (χ3v) is 1.12. The number of amides is 1. The van der Waals surface area contributed by atoms with Crippen LogP contribution in [0, 0.1) is 0 Å². The average molecular weight is 174 g/mol. The molecule has 0 spiro atoms. The van der Waals surface area contributed by atoms with Crippen LogP contribution in [-0.2, 0) is 14.3 Å². The van der Waals surface area contributed by atoms with Gasteiger partial charge in [0.15, 0.2) is 0 Å². The Hall–Kier alpha value is -1.10. The van der Waals surface area contributed by atoms with Gasteiger partial charge in [-0.1, -0.05) is 0 Å². The highest BCUT2D eigenvalue weighted by Crippen LogP contribution is 1.75. The van der Waals surface area contributed by atoms with Gasteiger partial charge in [0.2, 0.25) is 5.91 Å². The van der Waals surface area contributed by atoms with E-state index >= 15 is 0 Å². The first-order chi connectivity index (χ1) is 5.56. The van der Waals surface area contributed by atoms with Gasteiger partial charge in [-0.15, -0.1) is 0 Å². The smallest absolute Gasteiger partial charge is 0.325 e. The molecule has 0 atom stereocenters. The average Bonchev–Trinajstić information content (AvgIpc) is 1.99. The van der Waals surface area contributed by atoms with Gasteiger partial charge in [-0.2, -0.15) is 0 Å². The fourth-order valence-corrected chi connectivity index (χ4v) is 0.586. The molecule has 0 aromatic rings. The number of hydrogen-bond acceptors (Lipinski definition) is 4. The van der Waals surface area contributed by atoms with Crippen LogP contribution in [0.4, 0.5) is 0 Å². The third kappa shape index (κ3) is 5.67. The number of ether oxygens (including phenoxy) is 1. The number of carbonyl (C=O) groups excluding carboxylic acids is 2. The molecule has 0 aromatic carbocycles. The minimum Gasteiger partial charge on any atom is -0.468 e. The Balaban J connectivity index is 3.51. The van der Waals surface area contributed by atoms with Crippen molar-refractivity contribution in [1.29, 1.82) is 0 Å². The lowest BCUT2D eigenvalue weighted by atomic mass is 10.5. The van der Waals surface area contributed by atoms with Crippen LogP contribution in [0.25, 0.3) is 0 Å². The van der Waals surface area contributed by atoms with E-state index in [1.54, 1.807) is 19.0 Å². The predicted molar refractivity (Wildman–Crippen MR) is 43.6 cm³/mol. The van der Waals surface area contributed by atoms with Gasteiger partial charge in [0.05, 0.1) is 13.7 Å². The lowest BCUT2D eigenvalue weighted by Gasteiger charge is -2.08. The number of nitrogens with zero attached hydrogens (tertiary/aromatic N) is 1. The number of hydrogen-bond donors (Lipinski definition) is 1. The van der Waals surface area contributed by atoms with Gasteiger partial charge >= 0.3 is 5.97 Å². The number of rotatable bonds is 4. The van der Waals surface area contributed by atoms with E-state index in [1.165, 1.54) is 7.11 Å². The van der Waals surface area contributed by atoms with Crippen LogP contribution >= 0.6 is 0 Å². The summed E-state index contributed by atoms with van der Waals surface area (Å²) < 4.78 is 4.34. The molecule has 0 saturated heterocycles. The monoisotopic (exact) mass is 174 g/mol. The van der Waals surface area contributed by atoms with Gasteiger partial charge in [0.1, 0.15) is 6.54 Å². The molecule has 0 aromatic heterocycles. The van der Waals surface area contributed by atoms with E-state index in [9.17, 15) is 9.59 Å². The molecule has 0 bridgehead atoms. The van der Waals surface area contributed by atoms with E-state index in [0.717, 1.165) is 0 Å². The van der Waals surface area contributed by atoms with Crippen molar-refractivity contribution in [3.63, 3.8) is 0 Å². The maximum atomic E-state index is 10.9. The number of carbonyl (C=O) groups is 2. The largest absolute Gasteiger partial charge is 0.468 e. The first-order valence-electron chi connectivity index (χ1n) is 3.54. The second kappa shape index (κ2) is 5.54. The van der Waals surface area contributed by atoms with Crippen LogP contribution in [0.3, 0.4) is 0 Å². The minimum absolute atomic E-state index is 0.0663. The molecule has 0 aliphatic heterocycles. The number of likely N-dealkylation sites (N-methyl/N-ethyl adjacent to an activating group) is 1. The lowest BCUT2D eigenvalue weighted by molar-refractivity contribution is -0.141. The summed E-state index contributed by atoms with van der Waals surface area (Å²) in [5.74, 6) is -0.632. The van der Waals surface area contributed by atoms with Crippen molar-refractivity contribution in [3.05, 3.63) is 0 Å². The summed E-state index contributed by atoms with van der Waals surface area (Å²) in [7, 11) is 4.83. The molecule has 1 N–H and O–H groups in total. The molecule has 1 amide bonds. The fraction of sp³-hybridized carbons (Fsp3) is 0.714. The van der Waals surface area contributed by atoms with Gasteiger partial charge < -0.3 is 15.0 Å². The van der Waals surface area contributed by atoms with Crippen LogP contribution in [0.1, 0.15) is 0 Å². The topological polar surface area (TPSA) is 58.6 Å². The van der Waals surface area contributed by atoms with Crippen LogP contribution < -0.4 is 5.32 Å². The maximum absolute atomic E-state index is 10.9. The molecule has 0 radical (unpaired) electrons. The van der Waals surface area contributed by atoms with Gasteiger partial charge in [0, 0.05) is 0 Å². The molecule has 0 aliphatic carbocycles. The zero-order valence-corrected chi connectivity index (χ0v) is 7.59. The highest BCUT2D eigenvalue weighted by atomic mass is 16.5. The van der Waals surface area contributed by atoms with Crippen LogP contribution in [0.15, 0.2) is 0 Å². The van der Waals surface area contributed by atoms with Crippen molar-refractivity contribution >= 4 is 11.9 Å². The number of nitrogens with one attached hydrogen (secondary N) is 1. The molecule has 0 unspecified atom stereocenters. The van der Waals surface area contributed by atoms with E-state index < -0.39 is 5.97 Å². The normalized spacial score (nSPS) is 9.67. The number of esters is 1. The third-order valence-electron chi connectivity index (χ3n) is 1.12. The molecule has 5 nitrogen and oxygen atoms in total. The van der Waals surface area contributed by atoms with E-state index in [-0.39, 0.29) is 19.0 Å². The van der Waals surface area contributed by atoms with Crippen molar-refractivity contribution < 1.29 is 14.3 Å². The number of methoxy groups -OCH3 is 1. The molecule has 0 aliphatic rings. The quantitative estimate of drug-likeness (QED) is 0.546. The van der Waals surface area contributed by atoms with Gasteiger partial charge in [-0.25, -0.2) is 0 Å². The molecule has 0 heterocycles. The van der Waals surface area contributed by atoms with Crippen molar-refractivity contribution in [2.75, 3.05) is 34.3 Å². The molecular weight excluding hydrogens is 160 g/mol. The second-order valence-electron chi connectivity index (χ2n) is 2.59. The van der Waals surface area contributed by atoms with Gasteiger partial charge in [-0.3, -0.25) is 9.59 Å². The Labute approximate surface area is 71.7 Å². The van der Waals surface area contributed by atoms with E-state index in [1.807, 2.05) is 0 Å². The Morgan fingerprint density at radius 1 is 1.42 bits per heavy atom. The highest BCUT2D eigenvalue weighted by Gasteiger charge is 2.05.